The summed E-state index contributed by atoms with van der Waals surface area (Å²) in [4.78, 5) is 44.7. The van der Waals surface area contributed by atoms with Gasteiger partial charge >= 0.3 is 0 Å². The average Bonchev–Trinajstić information content (AvgIpc) is 3.64. The van der Waals surface area contributed by atoms with Crippen molar-refractivity contribution in [3.63, 3.8) is 0 Å². The number of benzene rings is 2. The maximum absolute atomic E-state index is 13.1. The lowest BCUT2D eigenvalue weighted by Gasteiger charge is -2.21. The van der Waals surface area contributed by atoms with Crippen LogP contribution >= 0.6 is 11.5 Å². The van der Waals surface area contributed by atoms with Crippen molar-refractivity contribution >= 4 is 46.3 Å². The molecule has 2 aromatic carbocycles. The Morgan fingerprint density at radius 2 is 1.68 bits per heavy atom. The van der Waals surface area contributed by atoms with Crippen LogP contribution in [0.2, 0.25) is 0 Å². The normalized spacial score (nSPS) is 13.6. The summed E-state index contributed by atoms with van der Waals surface area (Å²) in [6.07, 6.45) is 3.12. The third kappa shape index (κ3) is 5.77. The van der Waals surface area contributed by atoms with Crippen molar-refractivity contribution in [1.82, 2.24) is 9.36 Å². The average molecular weight is 520 g/mol. The van der Waals surface area contributed by atoms with Crippen molar-refractivity contribution in [3.8, 4) is 10.6 Å². The van der Waals surface area contributed by atoms with Gasteiger partial charge in [0.2, 0.25) is 5.91 Å². The molecule has 0 spiro atoms. The van der Waals surface area contributed by atoms with Gasteiger partial charge in [0.05, 0.1) is 12.2 Å². The Kier molecular flexibility index (Phi) is 9.30. The molecule has 0 fully saturated rings. The second-order valence-electron chi connectivity index (χ2n) is 7.95. The number of amides is 3. The SMILES string of the molecule is CC.CC.Cc1nsc(-c2ccc(C)c(NCC(=O)N3CCc4c3cccc4N3C(=O)C=CC3=O)c2)n1. The molecule has 0 unspecified atom stereocenters. The first-order chi connectivity index (χ1) is 17.9. The molecule has 2 aliphatic rings. The van der Waals surface area contributed by atoms with Crippen LogP contribution in [-0.4, -0.2) is 40.2 Å². The molecular weight excluding hydrogens is 486 g/mol. The number of nitrogens with zero attached hydrogens (tertiary/aromatic N) is 4. The van der Waals surface area contributed by atoms with Crippen molar-refractivity contribution in [2.45, 2.75) is 48.0 Å². The van der Waals surface area contributed by atoms with E-state index in [1.54, 1.807) is 17.0 Å². The van der Waals surface area contributed by atoms with E-state index in [0.717, 1.165) is 43.8 Å². The number of carbonyl (C=O) groups excluding carboxylic acids is 3. The summed E-state index contributed by atoms with van der Waals surface area (Å²) in [6.45, 7) is 12.5. The summed E-state index contributed by atoms with van der Waals surface area (Å²) in [5, 5.41) is 4.09. The molecule has 8 nitrogen and oxygen atoms in total. The molecule has 3 aromatic rings. The molecular formula is C28H33N5O3S. The number of carbonyl (C=O) groups is 3. The second kappa shape index (κ2) is 12.4. The zero-order chi connectivity index (χ0) is 27.1. The summed E-state index contributed by atoms with van der Waals surface area (Å²) in [6, 6.07) is 11.3. The molecule has 9 heteroatoms. The number of anilines is 3. The molecule has 5 rings (SSSR count). The number of imide groups is 1. The Labute approximate surface area is 222 Å². The van der Waals surface area contributed by atoms with Crippen molar-refractivity contribution in [1.29, 1.82) is 0 Å². The van der Waals surface area contributed by atoms with Gasteiger partial charge in [0.1, 0.15) is 10.8 Å². The molecule has 0 radical (unpaired) electrons. The van der Waals surface area contributed by atoms with E-state index in [1.807, 2.05) is 65.8 Å². The molecule has 2 aliphatic heterocycles. The first kappa shape index (κ1) is 27.7. The van der Waals surface area contributed by atoms with E-state index in [9.17, 15) is 14.4 Å². The second-order valence-corrected chi connectivity index (χ2v) is 8.70. The fourth-order valence-corrected chi connectivity index (χ4v) is 4.81. The molecule has 3 heterocycles. The Morgan fingerprint density at radius 3 is 2.32 bits per heavy atom. The quantitative estimate of drug-likeness (QED) is 0.459. The van der Waals surface area contributed by atoms with E-state index in [2.05, 4.69) is 14.7 Å². The Balaban J connectivity index is 0.000000907. The van der Waals surface area contributed by atoms with E-state index in [-0.39, 0.29) is 24.3 Å². The van der Waals surface area contributed by atoms with Crippen LogP contribution in [0.5, 0.6) is 0 Å². The van der Waals surface area contributed by atoms with Crippen LogP contribution in [0.3, 0.4) is 0 Å². The van der Waals surface area contributed by atoms with E-state index < -0.39 is 0 Å². The van der Waals surface area contributed by atoms with E-state index in [0.29, 0.717) is 18.7 Å². The summed E-state index contributed by atoms with van der Waals surface area (Å²) in [5.41, 5.74) is 4.96. The van der Waals surface area contributed by atoms with Gasteiger partial charge in [-0.3, -0.25) is 14.4 Å². The number of hydrogen-bond acceptors (Lipinski definition) is 7. The summed E-state index contributed by atoms with van der Waals surface area (Å²) in [5.74, 6) is -0.0678. The minimum atomic E-state index is -0.360. The Bertz CT molecular complexity index is 1310. The van der Waals surface area contributed by atoms with E-state index in [4.69, 9.17) is 0 Å². The van der Waals surface area contributed by atoms with Gasteiger partial charge in [-0.25, -0.2) is 9.88 Å². The van der Waals surface area contributed by atoms with Crippen molar-refractivity contribution in [3.05, 3.63) is 65.5 Å². The number of aryl methyl sites for hydroxylation is 2. The smallest absolute Gasteiger partial charge is 0.258 e. The lowest BCUT2D eigenvalue weighted by molar-refractivity contribution is -0.120. The van der Waals surface area contributed by atoms with Crippen LogP contribution in [-0.2, 0) is 20.8 Å². The molecule has 0 saturated heterocycles. The first-order valence-electron chi connectivity index (χ1n) is 12.6. The summed E-state index contributed by atoms with van der Waals surface area (Å²) < 4.78 is 4.24. The number of nitrogens with one attached hydrogen (secondary N) is 1. The highest BCUT2D eigenvalue weighted by Gasteiger charge is 2.32. The van der Waals surface area contributed by atoms with Gasteiger partial charge in [0.15, 0.2) is 0 Å². The van der Waals surface area contributed by atoms with Crippen molar-refractivity contribution < 1.29 is 14.4 Å². The summed E-state index contributed by atoms with van der Waals surface area (Å²) >= 11 is 1.35. The number of rotatable bonds is 5. The number of hydrogen-bond donors (Lipinski definition) is 1. The van der Waals surface area contributed by atoms with Crippen molar-refractivity contribution in [2.75, 3.05) is 28.2 Å². The molecule has 194 valence electrons. The Morgan fingerprint density at radius 1 is 1.00 bits per heavy atom. The third-order valence-electron chi connectivity index (χ3n) is 5.80. The zero-order valence-corrected chi connectivity index (χ0v) is 23.0. The first-order valence-corrected chi connectivity index (χ1v) is 13.3. The summed E-state index contributed by atoms with van der Waals surface area (Å²) in [7, 11) is 0. The standard InChI is InChI=1S/C24H21N5O3S.2C2H6/c1-14-6-7-16(24-26-15(2)27-33-24)12-18(14)25-13-23(32)28-11-10-17-19(28)4-3-5-20(17)29-21(30)8-9-22(29)31;2*1-2/h3-9,12,25H,10-11,13H2,1-2H3;2*1-2H3. The van der Waals surface area contributed by atoms with Crippen LogP contribution in [0.4, 0.5) is 17.1 Å². The highest BCUT2D eigenvalue weighted by Crippen LogP contribution is 2.37. The lowest BCUT2D eigenvalue weighted by Crippen LogP contribution is -2.34. The molecule has 0 bridgehead atoms. The van der Waals surface area contributed by atoms with Gasteiger partial charge in [-0.05, 0) is 55.6 Å². The number of aromatic nitrogens is 2. The minimum absolute atomic E-state index is 0.0836. The molecule has 3 amide bonds. The highest BCUT2D eigenvalue weighted by atomic mass is 32.1. The molecule has 1 aromatic heterocycles. The molecule has 0 atom stereocenters. The van der Waals surface area contributed by atoms with Gasteiger partial charge in [-0.1, -0.05) is 45.9 Å². The van der Waals surface area contributed by atoms with Gasteiger partial charge in [0, 0.05) is 41.2 Å². The van der Waals surface area contributed by atoms with E-state index >= 15 is 0 Å². The predicted molar refractivity (Wildman–Crippen MR) is 150 cm³/mol. The van der Waals surface area contributed by atoms with Gasteiger partial charge in [0.25, 0.3) is 11.8 Å². The minimum Gasteiger partial charge on any atom is -0.376 e. The number of fused-ring (bicyclic) bond motifs is 1. The van der Waals surface area contributed by atoms with Crippen LogP contribution in [0, 0.1) is 13.8 Å². The fraction of sp³-hybridized carbons (Fsp3) is 0.321. The van der Waals surface area contributed by atoms with Crippen LogP contribution in [0.25, 0.3) is 10.6 Å². The van der Waals surface area contributed by atoms with Crippen molar-refractivity contribution in [2.24, 2.45) is 0 Å². The topological polar surface area (TPSA) is 95.5 Å². The van der Waals surface area contributed by atoms with Crippen LogP contribution in [0.15, 0.2) is 48.6 Å². The monoisotopic (exact) mass is 519 g/mol. The van der Waals surface area contributed by atoms with Gasteiger partial charge in [-0.15, -0.1) is 0 Å². The predicted octanol–water partition coefficient (Wildman–Crippen LogP) is 5.30. The lowest BCUT2D eigenvalue weighted by atomic mass is 10.1. The molecule has 0 saturated carbocycles. The van der Waals surface area contributed by atoms with E-state index in [1.165, 1.54) is 23.7 Å². The Hall–Kier alpha value is -3.85. The maximum atomic E-state index is 13.1. The zero-order valence-electron chi connectivity index (χ0n) is 22.2. The van der Waals surface area contributed by atoms with Crippen LogP contribution in [0.1, 0.15) is 44.6 Å². The highest BCUT2D eigenvalue weighted by molar-refractivity contribution is 7.09. The fourth-order valence-electron chi connectivity index (χ4n) is 4.15. The molecule has 1 N–H and O–H groups in total. The maximum Gasteiger partial charge on any atom is 0.258 e. The largest absolute Gasteiger partial charge is 0.376 e. The van der Waals surface area contributed by atoms with Gasteiger partial charge in [-0.2, -0.15) is 4.37 Å². The van der Waals surface area contributed by atoms with Crippen LogP contribution < -0.4 is 15.1 Å². The molecule has 37 heavy (non-hydrogen) atoms. The molecule has 0 aliphatic carbocycles. The third-order valence-corrected chi connectivity index (χ3v) is 6.65. The van der Waals surface area contributed by atoms with Gasteiger partial charge < -0.3 is 10.2 Å².